The van der Waals surface area contributed by atoms with Gasteiger partial charge in [-0.25, -0.2) is 15.0 Å². The van der Waals surface area contributed by atoms with Gasteiger partial charge >= 0.3 is 0 Å². The molecular formula is C20H31N7O. The van der Waals surface area contributed by atoms with E-state index >= 15 is 0 Å². The quantitative estimate of drug-likeness (QED) is 0.642. The first-order chi connectivity index (χ1) is 13.7. The lowest BCUT2D eigenvalue weighted by molar-refractivity contribution is 0.0702. The number of imidazole rings is 1. The van der Waals surface area contributed by atoms with Crippen LogP contribution in [0.2, 0.25) is 0 Å². The summed E-state index contributed by atoms with van der Waals surface area (Å²) in [5.74, 6) is 1.68. The third-order valence-corrected chi connectivity index (χ3v) is 5.21. The zero-order chi connectivity index (χ0) is 19.8. The number of aryl methyl sites for hydroxylation is 2. The molecule has 28 heavy (non-hydrogen) atoms. The van der Waals surface area contributed by atoms with Crippen LogP contribution in [0, 0.1) is 0 Å². The Kier molecular flexibility index (Phi) is 7.36. The van der Waals surface area contributed by atoms with Crippen molar-refractivity contribution in [3.63, 3.8) is 0 Å². The van der Waals surface area contributed by atoms with Crippen molar-refractivity contribution in [2.75, 3.05) is 32.0 Å². The van der Waals surface area contributed by atoms with Crippen LogP contribution in [0.1, 0.15) is 48.8 Å². The van der Waals surface area contributed by atoms with Gasteiger partial charge in [-0.3, -0.25) is 4.79 Å². The van der Waals surface area contributed by atoms with E-state index < -0.39 is 0 Å². The zero-order valence-corrected chi connectivity index (χ0v) is 16.9. The molecule has 0 unspecified atom stereocenters. The molecule has 1 amide bonds. The van der Waals surface area contributed by atoms with Crippen LogP contribution in [0.15, 0.2) is 24.8 Å². The molecule has 0 bridgehead atoms. The molecular weight excluding hydrogens is 354 g/mol. The van der Waals surface area contributed by atoms with E-state index in [1.165, 1.54) is 0 Å². The second-order valence-corrected chi connectivity index (χ2v) is 7.26. The van der Waals surface area contributed by atoms with Crippen molar-refractivity contribution < 1.29 is 4.79 Å². The molecule has 1 aliphatic heterocycles. The molecule has 3 rings (SSSR count). The SMILES string of the molecule is CCCc1nccn1CCCNc1ncc(C(=O)N(C)C2CCNCC2)cn1. The Morgan fingerprint density at radius 1 is 1.29 bits per heavy atom. The van der Waals surface area contributed by atoms with Crippen molar-refractivity contribution >= 4 is 11.9 Å². The van der Waals surface area contributed by atoms with E-state index in [4.69, 9.17) is 0 Å². The van der Waals surface area contributed by atoms with Gasteiger partial charge in [0, 0.05) is 57.4 Å². The lowest BCUT2D eigenvalue weighted by atomic mass is 10.0. The van der Waals surface area contributed by atoms with Gasteiger partial charge in [0.15, 0.2) is 0 Å². The smallest absolute Gasteiger partial charge is 0.256 e. The number of nitrogens with one attached hydrogen (secondary N) is 2. The van der Waals surface area contributed by atoms with Crippen molar-refractivity contribution in [2.24, 2.45) is 0 Å². The van der Waals surface area contributed by atoms with E-state index in [1.54, 1.807) is 12.4 Å². The fraction of sp³-hybridized carbons (Fsp3) is 0.600. The van der Waals surface area contributed by atoms with E-state index in [2.05, 4.69) is 37.1 Å². The highest BCUT2D eigenvalue weighted by Gasteiger charge is 2.23. The van der Waals surface area contributed by atoms with E-state index in [-0.39, 0.29) is 11.9 Å². The highest BCUT2D eigenvalue weighted by atomic mass is 16.2. The van der Waals surface area contributed by atoms with Crippen molar-refractivity contribution in [3.05, 3.63) is 36.2 Å². The summed E-state index contributed by atoms with van der Waals surface area (Å²) < 4.78 is 2.20. The number of amides is 1. The van der Waals surface area contributed by atoms with Gasteiger partial charge in [0.1, 0.15) is 5.82 Å². The third kappa shape index (κ3) is 5.28. The number of aromatic nitrogens is 4. The first-order valence-electron chi connectivity index (χ1n) is 10.2. The van der Waals surface area contributed by atoms with Gasteiger partial charge in [-0.1, -0.05) is 6.92 Å². The second-order valence-electron chi connectivity index (χ2n) is 7.26. The Morgan fingerprint density at radius 3 is 2.75 bits per heavy atom. The number of carbonyl (C=O) groups is 1. The normalized spacial score (nSPS) is 14.8. The van der Waals surface area contributed by atoms with Gasteiger partial charge in [-0.15, -0.1) is 0 Å². The van der Waals surface area contributed by atoms with Gasteiger partial charge in [0.25, 0.3) is 5.91 Å². The largest absolute Gasteiger partial charge is 0.354 e. The van der Waals surface area contributed by atoms with Crippen LogP contribution in [0.5, 0.6) is 0 Å². The van der Waals surface area contributed by atoms with Gasteiger partial charge in [0.2, 0.25) is 5.95 Å². The topological polar surface area (TPSA) is 88.0 Å². The highest BCUT2D eigenvalue weighted by molar-refractivity contribution is 5.93. The fourth-order valence-electron chi connectivity index (χ4n) is 3.54. The lowest BCUT2D eigenvalue weighted by Crippen LogP contribution is -2.44. The highest BCUT2D eigenvalue weighted by Crippen LogP contribution is 2.13. The van der Waals surface area contributed by atoms with Crippen molar-refractivity contribution in [2.45, 2.75) is 51.6 Å². The average Bonchev–Trinajstić information content (AvgIpc) is 3.18. The molecule has 0 radical (unpaired) electrons. The zero-order valence-electron chi connectivity index (χ0n) is 16.9. The van der Waals surface area contributed by atoms with Crippen LogP contribution in [-0.4, -0.2) is 63.0 Å². The van der Waals surface area contributed by atoms with Crippen LogP contribution in [0.3, 0.4) is 0 Å². The Hall–Kier alpha value is -2.48. The predicted octanol–water partition coefficient (Wildman–Crippen LogP) is 1.95. The molecule has 0 spiro atoms. The molecule has 2 N–H and O–H groups in total. The number of hydrogen-bond donors (Lipinski definition) is 2. The summed E-state index contributed by atoms with van der Waals surface area (Å²) in [6.45, 7) is 5.77. The molecule has 1 aliphatic rings. The molecule has 0 atom stereocenters. The van der Waals surface area contributed by atoms with Gasteiger partial charge in [-0.05, 0) is 38.8 Å². The Morgan fingerprint density at radius 2 is 2.04 bits per heavy atom. The molecule has 0 aromatic carbocycles. The molecule has 8 heteroatoms. The van der Waals surface area contributed by atoms with Crippen LogP contribution in [0.4, 0.5) is 5.95 Å². The maximum Gasteiger partial charge on any atom is 0.256 e. The Bertz CT molecular complexity index is 737. The molecule has 3 heterocycles. The Balaban J connectivity index is 1.45. The van der Waals surface area contributed by atoms with E-state index in [1.807, 2.05) is 24.3 Å². The number of carbonyl (C=O) groups excluding carboxylic acids is 1. The number of anilines is 1. The molecule has 152 valence electrons. The monoisotopic (exact) mass is 385 g/mol. The number of hydrogen-bond acceptors (Lipinski definition) is 6. The third-order valence-electron chi connectivity index (χ3n) is 5.21. The maximum absolute atomic E-state index is 12.6. The van der Waals surface area contributed by atoms with Crippen molar-refractivity contribution in [1.29, 1.82) is 0 Å². The molecule has 2 aromatic heterocycles. The average molecular weight is 386 g/mol. The summed E-state index contributed by atoms with van der Waals surface area (Å²) >= 11 is 0. The van der Waals surface area contributed by atoms with E-state index in [0.717, 1.165) is 64.1 Å². The van der Waals surface area contributed by atoms with Gasteiger partial charge in [-0.2, -0.15) is 0 Å². The van der Waals surface area contributed by atoms with Gasteiger partial charge < -0.3 is 20.1 Å². The molecule has 1 saturated heterocycles. The summed E-state index contributed by atoms with van der Waals surface area (Å²) in [7, 11) is 1.87. The number of rotatable bonds is 9. The first-order valence-corrected chi connectivity index (χ1v) is 10.2. The summed E-state index contributed by atoms with van der Waals surface area (Å²) in [5.41, 5.74) is 0.536. The van der Waals surface area contributed by atoms with Crippen LogP contribution in [0.25, 0.3) is 0 Å². The summed E-state index contributed by atoms with van der Waals surface area (Å²) in [5, 5.41) is 6.55. The number of piperidine rings is 1. The molecule has 0 saturated carbocycles. The van der Waals surface area contributed by atoms with Crippen LogP contribution < -0.4 is 10.6 Å². The van der Waals surface area contributed by atoms with E-state index in [9.17, 15) is 4.79 Å². The molecule has 1 fully saturated rings. The second kappa shape index (κ2) is 10.2. The predicted molar refractivity (Wildman–Crippen MR) is 109 cm³/mol. The van der Waals surface area contributed by atoms with Crippen molar-refractivity contribution in [1.82, 2.24) is 29.7 Å². The fourth-order valence-corrected chi connectivity index (χ4v) is 3.54. The minimum atomic E-state index is -0.0120. The van der Waals surface area contributed by atoms with Crippen molar-refractivity contribution in [3.8, 4) is 0 Å². The standard InChI is InChI=1S/C20H31N7O/c1-3-5-18-22-11-13-27(18)12-4-8-23-20-24-14-16(15-25-20)19(28)26(2)17-6-9-21-10-7-17/h11,13-15,17,21H,3-10,12H2,1-2H3,(H,23,24,25). The van der Waals surface area contributed by atoms with Gasteiger partial charge in [0.05, 0.1) is 5.56 Å². The molecule has 8 nitrogen and oxygen atoms in total. The summed E-state index contributed by atoms with van der Waals surface area (Å²) in [6, 6.07) is 0.285. The maximum atomic E-state index is 12.6. The minimum Gasteiger partial charge on any atom is -0.354 e. The Labute approximate surface area is 166 Å². The summed E-state index contributed by atoms with van der Waals surface area (Å²) in [4.78, 5) is 27.5. The number of nitrogens with zero attached hydrogens (tertiary/aromatic N) is 5. The molecule has 0 aliphatic carbocycles. The minimum absolute atomic E-state index is 0.0120. The summed E-state index contributed by atoms with van der Waals surface area (Å²) in [6.07, 6.45) is 12.1. The van der Waals surface area contributed by atoms with E-state index in [0.29, 0.717) is 11.5 Å². The molecule has 2 aromatic rings. The van der Waals surface area contributed by atoms with Crippen LogP contribution in [-0.2, 0) is 13.0 Å². The lowest BCUT2D eigenvalue weighted by Gasteiger charge is -2.31. The van der Waals surface area contributed by atoms with Crippen LogP contribution >= 0.6 is 0 Å². The first kappa shape index (κ1) is 20.3.